The topological polar surface area (TPSA) is 125 Å². The van der Waals surface area contributed by atoms with Crippen molar-refractivity contribution in [3.63, 3.8) is 0 Å². The summed E-state index contributed by atoms with van der Waals surface area (Å²) in [5, 5.41) is 6.50. The summed E-state index contributed by atoms with van der Waals surface area (Å²) >= 11 is 0. The van der Waals surface area contributed by atoms with Gasteiger partial charge in [0, 0.05) is 50.1 Å². The Morgan fingerprint density at radius 3 is 2.37 bits per heavy atom. The van der Waals surface area contributed by atoms with Crippen LogP contribution in [0.15, 0.2) is 60.5 Å². The van der Waals surface area contributed by atoms with Crippen LogP contribution in [0, 0.1) is 11.8 Å². The van der Waals surface area contributed by atoms with Crippen LogP contribution in [0.5, 0.6) is 0 Å². The Kier molecular flexibility index (Phi) is 10.3. The van der Waals surface area contributed by atoms with Gasteiger partial charge in [-0.1, -0.05) is 30.8 Å². The third-order valence-corrected chi connectivity index (χ3v) is 8.93. The second-order valence-corrected chi connectivity index (χ2v) is 12.7. The fourth-order valence-electron chi connectivity index (χ4n) is 5.35. The summed E-state index contributed by atoms with van der Waals surface area (Å²) in [5.74, 6) is -1.11. The second-order valence-electron chi connectivity index (χ2n) is 11.0. The van der Waals surface area contributed by atoms with Crippen molar-refractivity contribution in [2.24, 2.45) is 11.8 Å². The molecule has 0 aromatic heterocycles. The highest BCUT2D eigenvalue weighted by molar-refractivity contribution is 7.92. The summed E-state index contributed by atoms with van der Waals surface area (Å²) < 4.78 is 64.4. The molecule has 0 radical (unpaired) electrons. The van der Waals surface area contributed by atoms with E-state index < -0.39 is 27.7 Å². The lowest BCUT2D eigenvalue weighted by Crippen LogP contribution is -2.37. The molecule has 0 aliphatic carbocycles. The smallest absolute Gasteiger partial charge is 0.356 e. The van der Waals surface area contributed by atoms with Crippen molar-refractivity contribution in [2.75, 3.05) is 26.2 Å². The maximum atomic E-state index is 13.4. The number of nitrogens with zero attached hydrogens (tertiary/aromatic N) is 1. The van der Waals surface area contributed by atoms with E-state index in [0.29, 0.717) is 62.0 Å². The van der Waals surface area contributed by atoms with Crippen LogP contribution >= 0.6 is 0 Å². The standard InChI is InChI=1S/C30H35F3N4O5S/c1-2-43(41,42)36-18-22-13-14-37(19-22)29(40)24-8-6-23(7-9-24)26(15-21-5-12-27(38)34-17-21)28(39)35-16-20-3-10-25(11-4-20)30(31,32)33/h2-4,6-11,21-22,26,36H,1,5,12-19H2,(H,34,38)(H,35,39)/t21?,22-,26?/m1/s1. The first-order valence-corrected chi connectivity index (χ1v) is 15.6. The van der Waals surface area contributed by atoms with E-state index in [-0.39, 0.29) is 42.6 Å². The maximum Gasteiger partial charge on any atom is 0.416 e. The van der Waals surface area contributed by atoms with Gasteiger partial charge in [-0.2, -0.15) is 13.2 Å². The predicted octanol–water partition coefficient (Wildman–Crippen LogP) is 3.55. The van der Waals surface area contributed by atoms with Crippen LogP contribution < -0.4 is 15.4 Å². The molecule has 0 bridgehead atoms. The van der Waals surface area contributed by atoms with Crippen molar-refractivity contribution < 1.29 is 36.0 Å². The van der Waals surface area contributed by atoms with Gasteiger partial charge in [0.25, 0.3) is 5.91 Å². The SMILES string of the molecule is C=CS(=O)(=O)NC[C@H]1CCN(C(=O)c2ccc(C(CC3CCC(=O)NC3)C(=O)NCc3ccc(C(F)(F)F)cc3)cc2)C1. The van der Waals surface area contributed by atoms with Crippen LogP contribution in [0.4, 0.5) is 13.2 Å². The molecule has 2 aromatic rings. The van der Waals surface area contributed by atoms with E-state index in [1.807, 2.05) is 0 Å². The third kappa shape index (κ3) is 8.90. The molecule has 2 aromatic carbocycles. The Balaban J connectivity index is 1.42. The fraction of sp³-hybridized carbons (Fsp3) is 0.433. The number of carbonyl (C=O) groups excluding carboxylic acids is 3. The first kappa shape index (κ1) is 32.2. The van der Waals surface area contributed by atoms with Gasteiger partial charge in [-0.15, -0.1) is 0 Å². The number of carbonyl (C=O) groups is 3. The minimum atomic E-state index is -4.45. The number of benzene rings is 2. The average Bonchev–Trinajstić information content (AvgIpc) is 3.47. The van der Waals surface area contributed by atoms with Crippen molar-refractivity contribution >= 4 is 27.7 Å². The van der Waals surface area contributed by atoms with Crippen LogP contribution in [0.2, 0.25) is 0 Å². The Labute approximate surface area is 249 Å². The van der Waals surface area contributed by atoms with Gasteiger partial charge in [0.1, 0.15) is 0 Å². The van der Waals surface area contributed by atoms with Crippen LogP contribution in [-0.4, -0.2) is 57.2 Å². The number of halogens is 3. The molecule has 4 rings (SSSR count). The lowest BCUT2D eigenvalue weighted by Gasteiger charge is -2.27. The molecule has 3 N–H and O–H groups in total. The molecular weight excluding hydrogens is 585 g/mol. The highest BCUT2D eigenvalue weighted by Crippen LogP contribution is 2.30. The van der Waals surface area contributed by atoms with E-state index in [1.54, 1.807) is 29.2 Å². The van der Waals surface area contributed by atoms with Crippen molar-refractivity contribution in [2.45, 2.75) is 44.3 Å². The normalized spacial score (nSPS) is 19.9. The molecular formula is C30H35F3N4O5S. The summed E-state index contributed by atoms with van der Waals surface area (Å²) in [6.45, 7) is 4.86. The first-order valence-electron chi connectivity index (χ1n) is 14.1. The number of likely N-dealkylation sites (tertiary alicyclic amines) is 1. The van der Waals surface area contributed by atoms with Crippen LogP contribution in [-0.2, 0) is 32.3 Å². The summed E-state index contributed by atoms with van der Waals surface area (Å²) in [4.78, 5) is 39.8. The molecule has 2 fully saturated rings. The maximum absolute atomic E-state index is 13.4. The molecule has 0 saturated carbocycles. The van der Waals surface area contributed by atoms with E-state index in [9.17, 15) is 36.0 Å². The summed E-state index contributed by atoms with van der Waals surface area (Å²) in [6, 6.07) is 11.4. The monoisotopic (exact) mass is 620 g/mol. The lowest BCUT2D eigenvalue weighted by atomic mass is 9.84. The number of sulfonamides is 1. The minimum Gasteiger partial charge on any atom is -0.356 e. The van der Waals surface area contributed by atoms with Crippen molar-refractivity contribution in [1.29, 1.82) is 0 Å². The van der Waals surface area contributed by atoms with E-state index in [1.165, 1.54) is 12.1 Å². The van der Waals surface area contributed by atoms with E-state index in [0.717, 1.165) is 17.5 Å². The zero-order valence-electron chi connectivity index (χ0n) is 23.5. The molecule has 232 valence electrons. The number of rotatable bonds is 11. The van der Waals surface area contributed by atoms with Crippen molar-refractivity contribution in [3.8, 4) is 0 Å². The molecule has 2 aliphatic rings. The van der Waals surface area contributed by atoms with Gasteiger partial charge in [-0.05, 0) is 66.5 Å². The summed E-state index contributed by atoms with van der Waals surface area (Å²) in [6.07, 6.45) is -2.35. The molecule has 13 heteroatoms. The van der Waals surface area contributed by atoms with Gasteiger partial charge in [-0.3, -0.25) is 14.4 Å². The van der Waals surface area contributed by atoms with Crippen LogP contribution in [0.25, 0.3) is 0 Å². The molecule has 2 aliphatic heterocycles. The van der Waals surface area contributed by atoms with Gasteiger partial charge in [-0.25, -0.2) is 13.1 Å². The number of nitrogens with one attached hydrogen (secondary N) is 3. The number of hydrogen-bond donors (Lipinski definition) is 3. The van der Waals surface area contributed by atoms with Gasteiger partial charge in [0.2, 0.25) is 21.8 Å². The highest BCUT2D eigenvalue weighted by Gasteiger charge is 2.31. The quantitative estimate of drug-likeness (QED) is 0.355. The molecule has 0 spiro atoms. The molecule has 2 saturated heterocycles. The summed E-state index contributed by atoms with van der Waals surface area (Å²) in [7, 11) is -3.54. The number of alkyl halides is 3. The Morgan fingerprint density at radius 2 is 1.77 bits per heavy atom. The van der Waals surface area contributed by atoms with Crippen molar-refractivity contribution in [3.05, 3.63) is 82.8 Å². The Morgan fingerprint density at radius 1 is 1.07 bits per heavy atom. The van der Waals surface area contributed by atoms with Gasteiger partial charge in [0.15, 0.2) is 0 Å². The van der Waals surface area contributed by atoms with Crippen LogP contribution in [0.1, 0.15) is 58.6 Å². The highest BCUT2D eigenvalue weighted by atomic mass is 32.2. The van der Waals surface area contributed by atoms with E-state index in [4.69, 9.17) is 0 Å². The second kappa shape index (κ2) is 13.7. The zero-order valence-corrected chi connectivity index (χ0v) is 24.3. The first-order chi connectivity index (χ1) is 20.3. The lowest BCUT2D eigenvalue weighted by molar-refractivity contribution is -0.137. The minimum absolute atomic E-state index is 0.0216. The van der Waals surface area contributed by atoms with Gasteiger partial charge in [0.05, 0.1) is 11.5 Å². The molecule has 2 heterocycles. The summed E-state index contributed by atoms with van der Waals surface area (Å²) in [5.41, 5.74) is 0.866. The average molecular weight is 621 g/mol. The largest absolute Gasteiger partial charge is 0.416 e. The Bertz CT molecular complexity index is 1420. The predicted molar refractivity (Wildman–Crippen MR) is 154 cm³/mol. The molecule has 9 nitrogen and oxygen atoms in total. The van der Waals surface area contributed by atoms with Gasteiger partial charge < -0.3 is 15.5 Å². The van der Waals surface area contributed by atoms with E-state index >= 15 is 0 Å². The molecule has 3 atom stereocenters. The van der Waals surface area contributed by atoms with Crippen LogP contribution in [0.3, 0.4) is 0 Å². The number of piperidine rings is 1. The third-order valence-electron chi connectivity index (χ3n) is 7.93. The zero-order chi connectivity index (χ0) is 31.2. The number of hydrogen-bond acceptors (Lipinski definition) is 5. The molecule has 3 amide bonds. The molecule has 43 heavy (non-hydrogen) atoms. The Hall–Kier alpha value is -3.71. The van der Waals surface area contributed by atoms with E-state index in [2.05, 4.69) is 21.9 Å². The van der Waals surface area contributed by atoms with Gasteiger partial charge >= 0.3 is 6.18 Å². The fourth-order valence-corrected chi connectivity index (χ4v) is 5.94. The molecule has 2 unspecified atom stereocenters. The number of amides is 3. The van der Waals surface area contributed by atoms with Crippen molar-refractivity contribution in [1.82, 2.24) is 20.3 Å².